The van der Waals surface area contributed by atoms with Gasteiger partial charge in [0.25, 0.3) is 0 Å². The first-order chi connectivity index (χ1) is 8.20. The van der Waals surface area contributed by atoms with Crippen molar-refractivity contribution in [3.05, 3.63) is 0 Å². The van der Waals surface area contributed by atoms with Gasteiger partial charge < -0.3 is 19.6 Å². The Hall–Kier alpha value is -1.30. The molecule has 0 aromatic rings. The van der Waals surface area contributed by atoms with Crippen molar-refractivity contribution in [2.24, 2.45) is 0 Å². The fraction of sp³-hybridized carbons (Fsp3) is 0.818. The van der Waals surface area contributed by atoms with Crippen LogP contribution in [0.2, 0.25) is 0 Å². The van der Waals surface area contributed by atoms with Crippen LogP contribution in [0.15, 0.2) is 0 Å². The van der Waals surface area contributed by atoms with Gasteiger partial charge in [-0.1, -0.05) is 0 Å². The highest BCUT2D eigenvalue weighted by Crippen LogP contribution is 2.19. The van der Waals surface area contributed by atoms with Crippen molar-refractivity contribution in [2.75, 3.05) is 32.8 Å². The molecule has 2 fully saturated rings. The zero-order valence-electron chi connectivity index (χ0n) is 9.80. The third-order valence-corrected chi connectivity index (χ3v) is 3.28. The average Bonchev–Trinajstić information content (AvgIpc) is 2.64. The van der Waals surface area contributed by atoms with E-state index in [0.29, 0.717) is 39.3 Å². The van der Waals surface area contributed by atoms with Crippen molar-refractivity contribution in [3.8, 4) is 0 Å². The van der Waals surface area contributed by atoms with Crippen LogP contribution in [-0.2, 0) is 9.53 Å². The largest absolute Gasteiger partial charge is 0.480 e. The molecule has 0 spiro atoms. The van der Waals surface area contributed by atoms with Crippen molar-refractivity contribution in [2.45, 2.75) is 25.3 Å². The van der Waals surface area contributed by atoms with Crippen molar-refractivity contribution in [1.29, 1.82) is 0 Å². The van der Waals surface area contributed by atoms with Gasteiger partial charge in [-0.25, -0.2) is 9.59 Å². The minimum atomic E-state index is -0.901. The topological polar surface area (TPSA) is 70.1 Å². The van der Waals surface area contributed by atoms with Crippen molar-refractivity contribution in [1.82, 2.24) is 9.80 Å². The number of carbonyl (C=O) groups excluding carboxylic acids is 1. The highest BCUT2D eigenvalue weighted by molar-refractivity contribution is 5.83. The summed E-state index contributed by atoms with van der Waals surface area (Å²) in [5.41, 5.74) is 0. The summed E-state index contributed by atoms with van der Waals surface area (Å²) in [7, 11) is 0. The van der Waals surface area contributed by atoms with Crippen molar-refractivity contribution < 1.29 is 19.4 Å². The third kappa shape index (κ3) is 2.69. The van der Waals surface area contributed by atoms with Crippen LogP contribution >= 0.6 is 0 Å². The Bertz CT molecular complexity index is 300. The molecule has 17 heavy (non-hydrogen) atoms. The van der Waals surface area contributed by atoms with Gasteiger partial charge >= 0.3 is 12.0 Å². The van der Waals surface area contributed by atoms with Crippen molar-refractivity contribution in [3.63, 3.8) is 0 Å². The molecule has 0 aliphatic carbocycles. The second-order valence-electron chi connectivity index (χ2n) is 4.43. The van der Waals surface area contributed by atoms with E-state index in [4.69, 9.17) is 9.84 Å². The number of carboxylic acids is 1. The lowest BCUT2D eigenvalue weighted by molar-refractivity contribution is -0.141. The summed E-state index contributed by atoms with van der Waals surface area (Å²) in [5, 5.41) is 9.05. The molecule has 2 heterocycles. The molecule has 2 amide bonds. The molecule has 1 N–H and O–H groups in total. The fourth-order valence-corrected chi connectivity index (χ4v) is 2.37. The number of carboxylic acid groups (broad SMARTS) is 1. The highest BCUT2D eigenvalue weighted by atomic mass is 16.5. The summed E-state index contributed by atoms with van der Waals surface area (Å²) < 4.78 is 5.28. The van der Waals surface area contributed by atoms with Gasteiger partial charge in [-0.05, 0) is 19.3 Å². The lowest BCUT2D eigenvalue weighted by Crippen LogP contribution is -2.48. The number of carbonyl (C=O) groups is 2. The lowest BCUT2D eigenvalue weighted by Gasteiger charge is -2.29. The van der Waals surface area contributed by atoms with E-state index in [0.717, 1.165) is 12.8 Å². The van der Waals surface area contributed by atoms with E-state index < -0.39 is 12.0 Å². The van der Waals surface area contributed by atoms with Crippen LogP contribution in [0.1, 0.15) is 19.3 Å². The number of rotatable bonds is 1. The highest BCUT2D eigenvalue weighted by Gasteiger charge is 2.36. The van der Waals surface area contributed by atoms with Crippen LogP contribution in [0, 0.1) is 0 Å². The quantitative estimate of drug-likeness (QED) is 0.721. The maximum atomic E-state index is 12.2. The Balaban J connectivity index is 2.00. The second kappa shape index (κ2) is 5.35. The van der Waals surface area contributed by atoms with E-state index in [1.807, 2.05) is 0 Å². The Morgan fingerprint density at radius 3 is 2.71 bits per heavy atom. The van der Waals surface area contributed by atoms with E-state index in [-0.39, 0.29) is 6.03 Å². The normalized spacial score (nSPS) is 25.8. The first kappa shape index (κ1) is 12.2. The molecule has 6 heteroatoms. The predicted molar refractivity (Wildman–Crippen MR) is 59.8 cm³/mol. The van der Waals surface area contributed by atoms with E-state index in [2.05, 4.69) is 0 Å². The van der Waals surface area contributed by atoms with E-state index >= 15 is 0 Å². The fourth-order valence-electron chi connectivity index (χ4n) is 2.37. The molecule has 0 bridgehead atoms. The molecule has 6 nitrogen and oxygen atoms in total. The number of ether oxygens (including phenoxy) is 1. The number of urea groups is 1. The lowest BCUT2D eigenvalue weighted by atomic mass is 10.2. The molecule has 2 aliphatic heterocycles. The summed E-state index contributed by atoms with van der Waals surface area (Å²) >= 11 is 0. The number of likely N-dealkylation sites (tertiary alicyclic amines) is 1. The molecular weight excluding hydrogens is 224 g/mol. The van der Waals surface area contributed by atoms with Crippen LogP contribution < -0.4 is 0 Å². The maximum Gasteiger partial charge on any atom is 0.326 e. The van der Waals surface area contributed by atoms with Gasteiger partial charge in [0.2, 0.25) is 0 Å². The monoisotopic (exact) mass is 242 g/mol. The number of hydrogen-bond acceptors (Lipinski definition) is 3. The zero-order valence-corrected chi connectivity index (χ0v) is 9.80. The predicted octanol–water partition coefficient (Wildman–Crippen LogP) is 0.378. The van der Waals surface area contributed by atoms with E-state index in [1.165, 1.54) is 4.90 Å². The standard InChI is InChI=1S/C11H18N2O4/c14-10(15)9-3-1-5-13(9)11(16)12-4-2-7-17-8-6-12/h9H,1-8H2,(H,14,15). The SMILES string of the molecule is O=C(O)C1CCCN1C(=O)N1CCCOCC1. The first-order valence-electron chi connectivity index (χ1n) is 6.06. The van der Waals surface area contributed by atoms with Gasteiger partial charge in [0, 0.05) is 26.2 Å². The van der Waals surface area contributed by atoms with Gasteiger partial charge in [0.05, 0.1) is 6.61 Å². The third-order valence-electron chi connectivity index (χ3n) is 3.28. The van der Waals surface area contributed by atoms with E-state index in [1.54, 1.807) is 4.90 Å². The van der Waals surface area contributed by atoms with Gasteiger partial charge in [-0.15, -0.1) is 0 Å². The number of hydrogen-bond donors (Lipinski definition) is 1. The maximum absolute atomic E-state index is 12.2. The van der Waals surface area contributed by atoms with Crippen LogP contribution in [0.25, 0.3) is 0 Å². The number of nitrogens with zero attached hydrogens (tertiary/aromatic N) is 2. The molecule has 2 saturated heterocycles. The Labute approximate surface area is 100 Å². The molecule has 0 aromatic carbocycles. The molecule has 0 aromatic heterocycles. The number of amides is 2. The van der Waals surface area contributed by atoms with Crippen LogP contribution in [-0.4, -0.2) is 65.8 Å². The Kier molecular flexibility index (Phi) is 3.83. The van der Waals surface area contributed by atoms with Gasteiger partial charge in [-0.3, -0.25) is 0 Å². The zero-order chi connectivity index (χ0) is 12.3. The molecule has 2 rings (SSSR count). The minimum absolute atomic E-state index is 0.152. The van der Waals surface area contributed by atoms with Crippen LogP contribution in [0.5, 0.6) is 0 Å². The Morgan fingerprint density at radius 1 is 1.12 bits per heavy atom. The first-order valence-corrected chi connectivity index (χ1v) is 6.06. The second-order valence-corrected chi connectivity index (χ2v) is 4.43. The smallest absolute Gasteiger partial charge is 0.326 e. The molecule has 1 unspecified atom stereocenters. The summed E-state index contributed by atoms with van der Waals surface area (Å²) in [6.07, 6.45) is 2.15. The molecule has 2 aliphatic rings. The summed E-state index contributed by atoms with van der Waals surface area (Å²) in [5.74, 6) is -0.901. The molecular formula is C11H18N2O4. The summed E-state index contributed by atoms with van der Waals surface area (Å²) in [6, 6.07) is -0.799. The minimum Gasteiger partial charge on any atom is -0.480 e. The molecule has 0 saturated carbocycles. The van der Waals surface area contributed by atoms with Gasteiger partial charge in [-0.2, -0.15) is 0 Å². The van der Waals surface area contributed by atoms with Crippen LogP contribution in [0.3, 0.4) is 0 Å². The summed E-state index contributed by atoms with van der Waals surface area (Å²) in [6.45, 7) is 2.97. The average molecular weight is 242 g/mol. The molecule has 0 radical (unpaired) electrons. The number of aliphatic carboxylic acids is 1. The van der Waals surface area contributed by atoms with Crippen molar-refractivity contribution >= 4 is 12.0 Å². The van der Waals surface area contributed by atoms with Crippen LogP contribution in [0.4, 0.5) is 4.79 Å². The molecule has 1 atom stereocenters. The Morgan fingerprint density at radius 2 is 1.94 bits per heavy atom. The van der Waals surface area contributed by atoms with Gasteiger partial charge in [0.1, 0.15) is 6.04 Å². The van der Waals surface area contributed by atoms with Gasteiger partial charge in [0.15, 0.2) is 0 Å². The molecule has 96 valence electrons. The summed E-state index contributed by atoms with van der Waals surface area (Å²) in [4.78, 5) is 26.4. The van der Waals surface area contributed by atoms with E-state index in [9.17, 15) is 9.59 Å².